The molecule has 1 aliphatic rings. The van der Waals surface area contributed by atoms with Gasteiger partial charge >= 0.3 is 0 Å². The van der Waals surface area contributed by atoms with Crippen LogP contribution in [0, 0.1) is 0 Å². The lowest BCUT2D eigenvalue weighted by Gasteiger charge is -2.49. The van der Waals surface area contributed by atoms with E-state index >= 15 is 0 Å². The summed E-state index contributed by atoms with van der Waals surface area (Å²) in [4.78, 5) is 0. The molecule has 1 heterocycles. The molecular formula is C16H28ClN2PSi2. The van der Waals surface area contributed by atoms with E-state index in [2.05, 4.69) is 76.5 Å². The van der Waals surface area contributed by atoms with Gasteiger partial charge in [-0.1, -0.05) is 87.8 Å². The van der Waals surface area contributed by atoms with E-state index in [0.29, 0.717) is 0 Å². The lowest BCUT2D eigenvalue weighted by atomic mass is 10.1. The quantitative estimate of drug-likeness (QED) is 0.411. The zero-order valence-corrected chi connectivity index (χ0v) is 18.5. The lowest BCUT2D eigenvalue weighted by molar-refractivity contribution is 0.606. The molecule has 0 amide bonds. The Hall–Kier alpha value is -0.0262. The second-order valence-electron chi connectivity index (χ2n) is 8.19. The van der Waals surface area contributed by atoms with Crippen LogP contribution in [-0.4, -0.2) is 20.7 Å². The fraction of sp³-hybridized carbons (Fsp3) is 0.625. The summed E-state index contributed by atoms with van der Waals surface area (Å²) in [6.07, 6.45) is 0.923. The highest BCUT2D eigenvalue weighted by Gasteiger charge is 2.66. The standard InChI is InChI=1S/C16H28ClN2PSi2/c1-8-15(14-12-10-9-11-13-14)18-19-16(20(15)17,21(2,3)4)22(5,6)7/h9-13H,8H2,1-7H3/t15-,20-/m0/s1. The van der Waals surface area contributed by atoms with Gasteiger partial charge in [0.05, 0.1) is 20.7 Å². The Morgan fingerprint density at radius 2 is 1.45 bits per heavy atom. The van der Waals surface area contributed by atoms with E-state index in [4.69, 9.17) is 21.5 Å². The Bertz CT molecular complexity index is 552. The molecule has 1 aromatic rings. The molecular weight excluding hydrogens is 343 g/mol. The summed E-state index contributed by atoms with van der Waals surface area (Å²) >= 11 is 7.31. The fourth-order valence-corrected chi connectivity index (χ4v) is 26.2. The van der Waals surface area contributed by atoms with Gasteiger partial charge in [0.25, 0.3) is 0 Å². The number of nitrogens with zero attached hydrogens (tertiary/aromatic N) is 2. The van der Waals surface area contributed by atoms with Crippen molar-refractivity contribution in [3.63, 3.8) is 0 Å². The molecule has 0 aromatic heterocycles. The normalized spacial score (nSPS) is 28.1. The second-order valence-corrected chi connectivity index (χ2v) is 22.9. The number of benzene rings is 1. The molecule has 0 unspecified atom stereocenters. The number of hydrogen-bond donors (Lipinski definition) is 0. The molecule has 6 heteroatoms. The van der Waals surface area contributed by atoms with Gasteiger partial charge in [-0.05, 0) is 12.0 Å². The number of halogens is 1. The third kappa shape index (κ3) is 2.47. The van der Waals surface area contributed by atoms with Crippen molar-refractivity contribution in [2.24, 2.45) is 10.2 Å². The van der Waals surface area contributed by atoms with Gasteiger partial charge in [0, 0.05) is 7.27 Å². The molecule has 2 nitrogen and oxygen atoms in total. The molecule has 0 fully saturated rings. The van der Waals surface area contributed by atoms with Crippen LogP contribution in [0.4, 0.5) is 0 Å². The van der Waals surface area contributed by atoms with Crippen molar-refractivity contribution < 1.29 is 0 Å². The summed E-state index contributed by atoms with van der Waals surface area (Å²) in [6, 6.07) is 10.6. The highest BCUT2D eigenvalue weighted by Crippen LogP contribution is 2.77. The van der Waals surface area contributed by atoms with Crippen LogP contribution in [0.25, 0.3) is 0 Å². The van der Waals surface area contributed by atoms with E-state index in [1.165, 1.54) is 5.56 Å². The minimum absolute atomic E-state index is 0.0667. The van der Waals surface area contributed by atoms with Crippen LogP contribution in [0.15, 0.2) is 40.6 Å². The fourth-order valence-electron chi connectivity index (χ4n) is 3.81. The van der Waals surface area contributed by atoms with Crippen LogP contribution < -0.4 is 0 Å². The summed E-state index contributed by atoms with van der Waals surface area (Å²) in [5.41, 5.74) is 1.24. The second kappa shape index (κ2) is 5.80. The monoisotopic (exact) mass is 370 g/mol. The smallest absolute Gasteiger partial charge is 0.141 e. The van der Waals surface area contributed by atoms with Crippen LogP contribution in [0.3, 0.4) is 0 Å². The molecule has 0 aliphatic carbocycles. The van der Waals surface area contributed by atoms with Crippen molar-refractivity contribution in [1.29, 1.82) is 0 Å². The zero-order chi connectivity index (χ0) is 16.8. The zero-order valence-electron chi connectivity index (χ0n) is 14.8. The molecule has 2 rings (SSSR count). The molecule has 0 saturated heterocycles. The maximum absolute atomic E-state index is 7.31. The third-order valence-corrected chi connectivity index (χ3v) is 23.4. The van der Waals surface area contributed by atoms with E-state index in [1.807, 2.05) is 0 Å². The first kappa shape index (κ1) is 18.3. The third-order valence-electron chi connectivity index (χ3n) is 4.79. The van der Waals surface area contributed by atoms with Crippen molar-refractivity contribution in [3.05, 3.63) is 35.9 Å². The van der Waals surface area contributed by atoms with E-state index in [1.54, 1.807) is 0 Å². The largest absolute Gasteiger partial charge is 0.187 e. The first-order chi connectivity index (χ1) is 10.0. The SMILES string of the molecule is CC[C@]1(c2ccccc2)N=NC([Si](C)(C)C)([Si](C)(C)C)[P@@]1Cl. The lowest BCUT2D eigenvalue weighted by Crippen LogP contribution is -2.63. The number of rotatable bonds is 4. The molecule has 22 heavy (non-hydrogen) atoms. The summed E-state index contributed by atoms with van der Waals surface area (Å²) < 4.78 is -0.0667. The van der Waals surface area contributed by atoms with Gasteiger partial charge < -0.3 is 0 Å². The Balaban J connectivity index is 2.65. The van der Waals surface area contributed by atoms with Crippen molar-refractivity contribution in [2.75, 3.05) is 0 Å². The summed E-state index contributed by atoms with van der Waals surface area (Å²) in [5, 5.41) is 9.64. The van der Waals surface area contributed by atoms with Gasteiger partial charge in [-0.15, -0.1) is 0 Å². The number of azo groups is 1. The van der Waals surface area contributed by atoms with Gasteiger partial charge in [-0.2, -0.15) is 10.2 Å². The van der Waals surface area contributed by atoms with E-state index in [-0.39, 0.29) is 9.81 Å². The van der Waals surface area contributed by atoms with Crippen LogP contribution in [0.1, 0.15) is 18.9 Å². The Labute approximate surface area is 143 Å². The van der Waals surface area contributed by atoms with Crippen molar-refractivity contribution in [1.82, 2.24) is 0 Å². The topological polar surface area (TPSA) is 24.7 Å². The highest BCUT2D eigenvalue weighted by molar-refractivity contribution is 7.90. The molecule has 2 atom stereocenters. The van der Waals surface area contributed by atoms with Crippen LogP contribution in [0.2, 0.25) is 39.3 Å². The van der Waals surface area contributed by atoms with Crippen LogP contribution in [0.5, 0.6) is 0 Å². The molecule has 0 bridgehead atoms. The minimum atomic E-state index is -1.61. The van der Waals surface area contributed by atoms with Gasteiger partial charge in [0.15, 0.2) is 0 Å². The van der Waals surface area contributed by atoms with Crippen molar-refractivity contribution in [3.8, 4) is 0 Å². The first-order valence-electron chi connectivity index (χ1n) is 7.98. The van der Waals surface area contributed by atoms with E-state index < -0.39 is 23.4 Å². The summed E-state index contributed by atoms with van der Waals surface area (Å²) in [7, 11) is -4.08. The highest BCUT2D eigenvalue weighted by atomic mass is 35.7. The van der Waals surface area contributed by atoms with Gasteiger partial charge in [0.2, 0.25) is 0 Å². The molecule has 1 aromatic carbocycles. The predicted octanol–water partition coefficient (Wildman–Crippen LogP) is 6.80. The minimum Gasteiger partial charge on any atom is -0.187 e. The predicted molar refractivity (Wildman–Crippen MR) is 105 cm³/mol. The van der Waals surface area contributed by atoms with E-state index in [0.717, 1.165) is 6.42 Å². The molecule has 0 spiro atoms. The van der Waals surface area contributed by atoms with E-state index in [9.17, 15) is 0 Å². The molecule has 0 saturated carbocycles. The average molecular weight is 371 g/mol. The Kier molecular flexibility index (Phi) is 4.83. The molecule has 122 valence electrons. The van der Waals surface area contributed by atoms with Gasteiger partial charge in [-0.3, -0.25) is 0 Å². The first-order valence-corrected chi connectivity index (χ1v) is 17.2. The average Bonchev–Trinajstić information content (AvgIpc) is 2.74. The number of hydrogen-bond acceptors (Lipinski definition) is 2. The van der Waals surface area contributed by atoms with Crippen LogP contribution >= 0.6 is 18.5 Å². The summed E-state index contributed by atoms with van der Waals surface area (Å²) in [6.45, 7) is 16.7. The Morgan fingerprint density at radius 3 is 1.82 bits per heavy atom. The van der Waals surface area contributed by atoms with Gasteiger partial charge in [0.1, 0.15) is 5.28 Å². The maximum Gasteiger partial charge on any atom is 0.141 e. The van der Waals surface area contributed by atoms with Crippen molar-refractivity contribution >= 4 is 34.7 Å². The van der Waals surface area contributed by atoms with Gasteiger partial charge in [-0.25, -0.2) is 0 Å². The molecule has 0 N–H and O–H groups in total. The maximum atomic E-state index is 7.31. The molecule has 0 radical (unpaired) electrons. The molecule has 1 aliphatic heterocycles. The Morgan fingerprint density at radius 1 is 0.955 bits per heavy atom. The van der Waals surface area contributed by atoms with Crippen molar-refractivity contribution in [2.45, 2.75) is 62.4 Å². The van der Waals surface area contributed by atoms with Crippen LogP contribution in [-0.2, 0) is 5.28 Å². The summed E-state index contributed by atoms with van der Waals surface area (Å²) in [5.74, 6) is 0.